The van der Waals surface area contributed by atoms with Crippen LogP contribution >= 0.6 is 11.3 Å². The van der Waals surface area contributed by atoms with Gasteiger partial charge in [0, 0.05) is 36.1 Å². The van der Waals surface area contributed by atoms with Gasteiger partial charge in [-0.1, -0.05) is 18.2 Å². The number of thiophene rings is 1. The van der Waals surface area contributed by atoms with Crippen molar-refractivity contribution in [2.75, 3.05) is 12.4 Å². The number of pyridine rings is 1. The molecule has 0 amide bonds. The Morgan fingerprint density at radius 1 is 1.07 bits per heavy atom. The van der Waals surface area contributed by atoms with E-state index in [-0.39, 0.29) is 0 Å². The van der Waals surface area contributed by atoms with Crippen molar-refractivity contribution < 1.29 is 4.74 Å². The Labute approximate surface area is 177 Å². The number of aromatic nitrogens is 5. The van der Waals surface area contributed by atoms with Gasteiger partial charge in [-0.15, -0.1) is 11.3 Å². The van der Waals surface area contributed by atoms with Crippen LogP contribution in [0.1, 0.15) is 5.56 Å². The summed E-state index contributed by atoms with van der Waals surface area (Å²) in [5.41, 5.74) is 3.26. The van der Waals surface area contributed by atoms with E-state index in [1.165, 1.54) is 0 Å². The summed E-state index contributed by atoms with van der Waals surface area (Å²) in [6.45, 7) is 0.608. The molecule has 0 fully saturated rings. The third kappa shape index (κ3) is 3.48. The molecule has 4 aromatic heterocycles. The van der Waals surface area contributed by atoms with E-state index in [9.17, 15) is 0 Å². The average molecular weight is 414 g/mol. The normalized spacial score (nSPS) is 11.0. The molecule has 0 aliphatic rings. The molecule has 0 saturated heterocycles. The van der Waals surface area contributed by atoms with Crippen LogP contribution in [-0.4, -0.2) is 31.8 Å². The van der Waals surface area contributed by atoms with Crippen molar-refractivity contribution in [3.8, 4) is 22.7 Å². The summed E-state index contributed by atoms with van der Waals surface area (Å²) in [6, 6.07) is 13.9. The van der Waals surface area contributed by atoms with Gasteiger partial charge in [0.25, 0.3) is 0 Å². The maximum Gasteiger partial charge on any atom is 0.153 e. The highest BCUT2D eigenvalue weighted by Crippen LogP contribution is 2.37. The molecule has 5 rings (SSSR count). The van der Waals surface area contributed by atoms with E-state index >= 15 is 0 Å². The molecule has 0 atom stereocenters. The van der Waals surface area contributed by atoms with Crippen molar-refractivity contribution in [1.29, 1.82) is 0 Å². The summed E-state index contributed by atoms with van der Waals surface area (Å²) in [5, 5.41) is 10.8. The molecule has 30 heavy (non-hydrogen) atoms. The lowest BCUT2D eigenvalue weighted by atomic mass is 10.1. The molecule has 7 nitrogen and oxygen atoms in total. The van der Waals surface area contributed by atoms with Crippen LogP contribution in [0.3, 0.4) is 0 Å². The van der Waals surface area contributed by atoms with Crippen LogP contribution in [0.25, 0.3) is 27.2 Å². The van der Waals surface area contributed by atoms with E-state index in [1.807, 2.05) is 42.7 Å². The number of hydrogen-bond donors (Lipinski definition) is 1. The molecule has 1 aromatic carbocycles. The highest BCUT2D eigenvalue weighted by Gasteiger charge is 2.13. The highest BCUT2D eigenvalue weighted by atomic mass is 32.1. The maximum absolute atomic E-state index is 5.27. The first-order valence-corrected chi connectivity index (χ1v) is 10.3. The lowest BCUT2D eigenvalue weighted by Crippen LogP contribution is -2.04. The van der Waals surface area contributed by atoms with Crippen molar-refractivity contribution in [2.45, 2.75) is 6.54 Å². The van der Waals surface area contributed by atoms with E-state index in [2.05, 4.69) is 42.9 Å². The Kier molecular flexibility index (Phi) is 4.82. The van der Waals surface area contributed by atoms with Crippen LogP contribution in [0.2, 0.25) is 0 Å². The van der Waals surface area contributed by atoms with Crippen LogP contribution in [0.5, 0.6) is 5.75 Å². The molecule has 0 saturated carbocycles. The van der Waals surface area contributed by atoms with Gasteiger partial charge in [0.2, 0.25) is 0 Å². The summed E-state index contributed by atoms with van der Waals surface area (Å²) >= 11 is 1.61. The van der Waals surface area contributed by atoms with Crippen molar-refractivity contribution in [3.63, 3.8) is 0 Å². The molecule has 148 valence electrons. The molecule has 1 N–H and O–H groups in total. The lowest BCUT2D eigenvalue weighted by Gasteiger charge is -2.09. The van der Waals surface area contributed by atoms with Gasteiger partial charge in [-0.3, -0.25) is 0 Å². The predicted molar refractivity (Wildman–Crippen MR) is 118 cm³/mol. The Morgan fingerprint density at radius 2 is 1.97 bits per heavy atom. The number of nitrogens with one attached hydrogen (secondary N) is 1. The Hall–Kier alpha value is -3.78. The van der Waals surface area contributed by atoms with Crippen LogP contribution in [-0.2, 0) is 6.54 Å². The van der Waals surface area contributed by atoms with Crippen molar-refractivity contribution in [1.82, 2.24) is 24.7 Å². The second-order valence-corrected chi connectivity index (χ2v) is 7.47. The number of rotatable bonds is 6. The van der Waals surface area contributed by atoms with E-state index in [0.717, 1.165) is 44.3 Å². The van der Waals surface area contributed by atoms with Crippen molar-refractivity contribution >= 4 is 27.4 Å². The summed E-state index contributed by atoms with van der Waals surface area (Å²) in [5.74, 6) is 2.43. The zero-order valence-corrected chi connectivity index (χ0v) is 17.0. The van der Waals surface area contributed by atoms with E-state index in [4.69, 9.17) is 4.74 Å². The monoisotopic (exact) mass is 414 g/mol. The van der Waals surface area contributed by atoms with Gasteiger partial charge >= 0.3 is 0 Å². The van der Waals surface area contributed by atoms with Crippen LogP contribution in [0.15, 0.2) is 72.8 Å². The van der Waals surface area contributed by atoms with Gasteiger partial charge in [0.1, 0.15) is 22.7 Å². The van der Waals surface area contributed by atoms with Gasteiger partial charge in [-0.25, -0.2) is 19.6 Å². The fourth-order valence-corrected chi connectivity index (χ4v) is 4.15. The molecule has 4 heterocycles. The summed E-state index contributed by atoms with van der Waals surface area (Å²) < 4.78 is 7.01. The maximum atomic E-state index is 5.27. The third-order valence-corrected chi connectivity index (χ3v) is 5.67. The van der Waals surface area contributed by atoms with Gasteiger partial charge in [-0.05, 0) is 35.4 Å². The zero-order chi connectivity index (χ0) is 20.3. The lowest BCUT2D eigenvalue weighted by molar-refractivity contribution is 0.415. The quantitative estimate of drug-likeness (QED) is 0.439. The second kappa shape index (κ2) is 7.92. The first-order valence-electron chi connectivity index (χ1n) is 9.37. The van der Waals surface area contributed by atoms with E-state index < -0.39 is 0 Å². The van der Waals surface area contributed by atoms with Gasteiger partial charge in [-0.2, -0.15) is 5.10 Å². The highest BCUT2D eigenvalue weighted by molar-refractivity contribution is 7.17. The number of methoxy groups -OCH3 is 1. The first-order chi connectivity index (χ1) is 14.8. The fraction of sp³-hybridized carbons (Fsp3) is 0.0909. The SMILES string of the molecule is COc1ccc(-c2csc3ncnc(NCc4ccc(-n5cccn5)nc4)c23)cc1. The van der Waals surface area contributed by atoms with E-state index in [0.29, 0.717) is 6.54 Å². The number of benzene rings is 1. The number of nitrogens with zero attached hydrogens (tertiary/aromatic N) is 5. The number of hydrogen-bond acceptors (Lipinski definition) is 7. The predicted octanol–water partition coefficient (Wildman–Crippen LogP) is 4.56. The zero-order valence-electron chi connectivity index (χ0n) is 16.2. The number of anilines is 1. The minimum Gasteiger partial charge on any atom is -0.497 e. The van der Waals surface area contributed by atoms with Crippen molar-refractivity contribution in [3.05, 3.63) is 78.3 Å². The Balaban J connectivity index is 1.41. The summed E-state index contributed by atoms with van der Waals surface area (Å²) in [7, 11) is 1.67. The minimum absolute atomic E-state index is 0.608. The van der Waals surface area contributed by atoms with Gasteiger partial charge in [0.05, 0.1) is 12.5 Å². The van der Waals surface area contributed by atoms with Crippen molar-refractivity contribution in [2.24, 2.45) is 0 Å². The summed E-state index contributed by atoms with van der Waals surface area (Å²) in [6.07, 6.45) is 7.05. The number of fused-ring (bicyclic) bond motifs is 1. The minimum atomic E-state index is 0.608. The Morgan fingerprint density at radius 3 is 2.70 bits per heavy atom. The van der Waals surface area contributed by atoms with Crippen LogP contribution in [0.4, 0.5) is 5.82 Å². The molecule has 0 unspecified atom stereocenters. The van der Waals surface area contributed by atoms with Gasteiger partial charge < -0.3 is 10.1 Å². The molecule has 0 spiro atoms. The standard InChI is InChI=1S/C22H18N6OS/c1-29-17-6-4-16(5-7-17)18-13-30-22-20(18)21(25-14-26-22)24-12-15-3-8-19(23-11-15)28-10-2-9-27-28/h2-11,13-14H,12H2,1H3,(H,24,25,26). The molecule has 0 aliphatic carbocycles. The average Bonchev–Trinajstić information content (AvgIpc) is 3.49. The first kappa shape index (κ1) is 18.3. The third-order valence-electron chi connectivity index (χ3n) is 4.78. The largest absolute Gasteiger partial charge is 0.497 e. The molecular formula is C22H18N6OS. The van der Waals surface area contributed by atoms with E-state index in [1.54, 1.807) is 35.7 Å². The Bertz CT molecular complexity index is 1260. The summed E-state index contributed by atoms with van der Waals surface area (Å²) in [4.78, 5) is 14.4. The molecule has 0 aliphatic heterocycles. The van der Waals surface area contributed by atoms with Gasteiger partial charge in [0.15, 0.2) is 5.82 Å². The van der Waals surface area contributed by atoms with Crippen LogP contribution < -0.4 is 10.1 Å². The molecular weight excluding hydrogens is 396 g/mol. The fourth-order valence-electron chi connectivity index (χ4n) is 3.24. The molecule has 5 aromatic rings. The molecule has 8 heteroatoms. The van der Waals surface area contributed by atoms with Crippen LogP contribution in [0, 0.1) is 0 Å². The molecule has 0 bridgehead atoms. The topological polar surface area (TPSA) is 77.8 Å². The smallest absolute Gasteiger partial charge is 0.153 e. The second-order valence-electron chi connectivity index (χ2n) is 6.61. The molecule has 0 radical (unpaired) electrons. The number of ether oxygens (including phenoxy) is 1.